The molecule has 0 bridgehead atoms. The molecule has 0 aliphatic carbocycles. The first-order chi connectivity index (χ1) is 12.5. The molecule has 3 rings (SSSR count). The number of amides is 1. The Morgan fingerprint density at radius 2 is 2.15 bits per heavy atom. The Morgan fingerprint density at radius 3 is 2.85 bits per heavy atom. The first-order valence-electron chi connectivity index (χ1n) is 8.65. The summed E-state index contributed by atoms with van der Waals surface area (Å²) in [7, 11) is 1.93. The largest absolute Gasteiger partial charge is 0.356 e. The lowest BCUT2D eigenvalue weighted by molar-refractivity contribution is -0.121. The number of aryl methyl sites for hydroxylation is 2. The Kier molecular flexibility index (Phi) is 5.78. The molecule has 0 saturated carbocycles. The second kappa shape index (κ2) is 8.23. The van der Waals surface area contributed by atoms with Crippen LogP contribution in [0.25, 0.3) is 10.6 Å². The average molecular weight is 369 g/mol. The second-order valence-corrected chi connectivity index (χ2v) is 7.12. The number of aromatic nitrogens is 4. The maximum Gasteiger partial charge on any atom is 0.220 e. The van der Waals surface area contributed by atoms with E-state index in [0.29, 0.717) is 13.0 Å². The number of thiazole rings is 1. The van der Waals surface area contributed by atoms with Crippen LogP contribution in [0.15, 0.2) is 29.9 Å². The van der Waals surface area contributed by atoms with Crippen molar-refractivity contribution in [2.24, 2.45) is 7.05 Å². The molecule has 3 aromatic heterocycles. The van der Waals surface area contributed by atoms with Gasteiger partial charge in [0.25, 0.3) is 0 Å². The molecule has 0 fully saturated rings. The molecular formula is C19H23N5OS. The third-order valence-electron chi connectivity index (χ3n) is 4.42. The fraction of sp³-hybridized carbons (Fsp3) is 0.368. The number of carbonyl (C=O) groups is 1. The van der Waals surface area contributed by atoms with Gasteiger partial charge in [-0.05, 0) is 38.0 Å². The maximum absolute atomic E-state index is 12.1. The standard InChI is InChI=1S/C19H23N5OS/c1-13-17(14(2)24(3)23-13)6-7-18(25)21-10-8-16-12-26-19(22-16)15-5-4-9-20-11-15/h4-5,9,11-12H,6-8,10H2,1-3H3,(H,21,25). The van der Waals surface area contributed by atoms with Crippen LogP contribution in [0, 0.1) is 13.8 Å². The number of nitrogens with one attached hydrogen (secondary N) is 1. The third kappa shape index (κ3) is 4.35. The zero-order valence-electron chi connectivity index (χ0n) is 15.3. The van der Waals surface area contributed by atoms with E-state index in [0.717, 1.165) is 40.5 Å². The molecular weight excluding hydrogens is 346 g/mol. The molecule has 1 amide bonds. The van der Waals surface area contributed by atoms with Crippen molar-refractivity contribution in [1.82, 2.24) is 25.1 Å². The summed E-state index contributed by atoms with van der Waals surface area (Å²) in [6, 6.07) is 3.90. The average Bonchev–Trinajstić information content (AvgIpc) is 3.20. The Bertz CT molecular complexity index is 885. The molecule has 0 aromatic carbocycles. The van der Waals surface area contributed by atoms with Gasteiger partial charge in [-0.1, -0.05) is 0 Å². The summed E-state index contributed by atoms with van der Waals surface area (Å²) in [4.78, 5) is 20.8. The highest BCUT2D eigenvalue weighted by molar-refractivity contribution is 7.13. The van der Waals surface area contributed by atoms with Crippen molar-refractivity contribution >= 4 is 17.2 Å². The van der Waals surface area contributed by atoms with Crippen LogP contribution in [0.3, 0.4) is 0 Å². The van der Waals surface area contributed by atoms with Gasteiger partial charge in [0.15, 0.2) is 0 Å². The van der Waals surface area contributed by atoms with Crippen molar-refractivity contribution in [1.29, 1.82) is 0 Å². The van der Waals surface area contributed by atoms with E-state index in [2.05, 4.69) is 20.4 Å². The van der Waals surface area contributed by atoms with E-state index in [1.54, 1.807) is 17.5 Å². The maximum atomic E-state index is 12.1. The predicted molar refractivity (Wildman–Crippen MR) is 103 cm³/mol. The highest BCUT2D eigenvalue weighted by atomic mass is 32.1. The van der Waals surface area contributed by atoms with Crippen molar-refractivity contribution in [3.8, 4) is 10.6 Å². The summed E-state index contributed by atoms with van der Waals surface area (Å²) in [6.07, 6.45) is 5.49. The van der Waals surface area contributed by atoms with Crippen molar-refractivity contribution in [3.63, 3.8) is 0 Å². The fourth-order valence-electron chi connectivity index (χ4n) is 2.88. The van der Waals surface area contributed by atoms with Crippen LogP contribution >= 0.6 is 11.3 Å². The van der Waals surface area contributed by atoms with E-state index in [9.17, 15) is 4.79 Å². The van der Waals surface area contributed by atoms with Gasteiger partial charge < -0.3 is 5.32 Å². The molecule has 0 radical (unpaired) electrons. The summed E-state index contributed by atoms with van der Waals surface area (Å²) in [5.41, 5.74) is 5.32. The minimum atomic E-state index is 0.0652. The number of rotatable bonds is 7. The molecule has 0 atom stereocenters. The number of hydrogen-bond donors (Lipinski definition) is 1. The van der Waals surface area contributed by atoms with Crippen LogP contribution in [0.2, 0.25) is 0 Å². The number of pyridine rings is 1. The van der Waals surface area contributed by atoms with E-state index in [1.807, 2.05) is 49.3 Å². The summed E-state index contributed by atoms with van der Waals surface area (Å²) < 4.78 is 1.87. The quantitative estimate of drug-likeness (QED) is 0.695. The lowest BCUT2D eigenvalue weighted by atomic mass is 10.1. The zero-order valence-corrected chi connectivity index (χ0v) is 16.1. The van der Waals surface area contributed by atoms with E-state index in [4.69, 9.17) is 0 Å². The molecule has 0 unspecified atom stereocenters. The number of carbonyl (C=O) groups excluding carboxylic acids is 1. The molecule has 1 N–H and O–H groups in total. The Hall–Kier alpha value is -2.54. The van der Waals surface area contributed by atoms with Gasteiger partial charge in [0.2, 0.25) is 5.91 Å². The van der Waals surface area contributed by atoms with Gasteiger partial charge in [-0.25, -0.2) is 4.98 Å². The smallest absolute Gasteiger partial charge is 0.220 e. The molecule has 3 heterocycles. The Balaban J connectivity index is 1.45. The molecule has 0 aliphatic rings. The molecule has 6 nitrogen and oxygen atoms in total. The van der Waals surface area contributed by atoms with Crippen LogP contribution in [-0.4, -0.2) is 32.2 Å². The molecule has 136 valence electrons. The van der Waals surface area contributed by atoms with Crippen LogP contribution in [0.1, 0.15) is 29.1 Å². The van der Waals surface area contributed by atoms with Crippen molar-refractivity contribution in [2.45, 2.75) is 33.1 Å². The van der Waals surface area contributed by atoms with Crippen molar-refractivity contribution in [2.75, 3.05) is 6.54 Å². The zero-order chi connectivity index (χ0) is 18.5. The Labute approximate surface area is 157 Å². The first-order valence-corrected chi connectivity index (χ1v) is 9.53. The number of nitrogens with zero attached hydrogens (tertiary/aromatic N) is 4. The van der Waals surface area contributed by atoms with Gasteiger partial charge in [0, 0.05) is 55.5 Å². The van der Waals surface area contributed by atoms with Crippen LogP contribution in [0.5, 0.6) is 0 Å². The van der Waals surface area contributed by atoms with Crippen LogP contribution in [-0.2, 0) is 24.7 Å². The molecule has 0 aliphatic heterocycles. The predicted octanol–water partition coefficient (Wildman–Crippen LogP) is 2.85. The van der Waals surface area contributed by atoms with E-state index >= 15 is 0 Å². The molecule has 7 heteroatoms. The van der Waals surface area contributed by atoms with Gasteiger partial charge in [0.1, 0.15) is 5.01 Å². The van der Waals surface area contributed by atoms with E-state index in [-0.39, 0.29) is 5.91 Å². The van der Waals surface area contributed by atoms with Crippen molar-refractivity contribution in [3.05, 3.63) is 52.6 Å². The van der Waals surface area contributed by atoms with Gasteiger partial charge >= 0.3 is 0 Å². The van der Waals surface area contributed by atoms with Gasteiger partial charge in [-0.3, -0.25) is 14.5 Å². The SMILES string of the molecule is Cc1nn(C)c(C)c1CCC(=O)NCCc1csc(-c2cccnc2)n1. The van der Waals surface area contributed by atoms with Crippen molar-refractivity contribution < 1.29 is 4.79 Å². The topological polar surface area (TPSA) is 72.7 Å². The first kappa shape index (κ1) is 18.3. The minimum absolute atomic E-state index is 0.0652. The van der Waals surface area contributed by atoms with E-state index < -0.39 is 0 Å². The van der Waals surface area contributed by atoms with Crippen LogP contribution in [0.4, 0.5) is 0 Å². The summed E-state index contributed by atoms with van der Waals surface area (Å²) in [5.74, 6) is 0.0652. The van der Waals surface area contributed by atoms with Gasteiger partial charge in [-0.2, -0.15) is 5.10 Å². The fourth-order valence-corrected chi connectivity index (χ4v) is 3.72. The summed E-state index contributed by atoms with van der Waals surface area (Å²) in [6.45, 7) is 4.62. The lowest BCUT2D eigenvalue weighted by Crippen LogP contribution is -2.26. The summed E-state index contributed by atoms with van der Waals surface area (Å²) >= 11 is 1.60. The summed E-state index contributed by atoms with van der Waals surface area (Å²) in [5, 5.41) is 10.4. The highest BCUT2D eigenvalue weighted by Crippen LogP contribution is 2.22. The lowest BCUT2D eigenvalue weighted by Gasteiger charge is -2.05. The van der Waals surface area contributed by atoms with Crippen LogP contribution < -0.4 is 5.32 Å². The molecule has 26 heavy (non-hydrogen) atoms. The third-order valence-corrected chi connectivity index (χ3v) is 5.36. The second-order valence-electron chi connectivity index (χ2n) is 6.26. The molecule has 0 spiro atoms. The van der Waals surface area contributed by atoms with Gasteiger partial charge in [0.05, 0.1) is 11.4 Å². The molecule has 3 aromatic rings. The minimum Gasteiger partial charge on any atom is -0.356 e. The Morgan fingerprint density at radius 1 is 1.31 bits per heavy atom. The monoisotopic (exact) mass is 369 g/mol. The van der Waals surface area contributed by atoms with Gasteiger partial charge in [-0.15, -0.1) is 11.3 Å². The normalized spacial score (nSPS) is 10.9. The van der Waals surface area contributed by atoms with E-state index in [1.165, 1.54) is 5.56 Å². The highest BCUT2D eigenvalue weighted by Gasteiger charge is 2.11. The molecule has 0 saturated heterocycles. The number of hydrogen-bond acceptors (Lipinski definition) is 5.